The summed E-state index contributed by atoms with van der Waals surface area (Å²) in [6.45, 7) is 8.58. The third-order valence-electron chi connectivity index (χ3n) is 3.05. The van der Waals surface area contributed by atoms with Gasteiger partial charge in [0.05, 0.1) is 18.2 Å². The highest BCUT2D eigenvalue weighted by atomic mass is 32.1. The minimum absolute atomic E-state index is 0.369. The van der Waals surface area contributed by atoms with E-state index in [0.717, 1.165) is 36.6 Å². The monoisotopic (exact) mass is 278 g/mol. The van der Waals surface area contributed by atoms with Gasteiger partial charge in [-0.3, -0.25) is 0 Å². The Kier molecular flexibility index (Phi) is 5.10. The second-order valence-corrected chi connectivity index (χ2v) is 5.78. The Morgan fingerprint density at radius 1 is 1.32 bits per heavy atom. The van der Waals surface area contributed by atoms with Crippen molar-refractivity contribution in [3.05, 3.63) is 23.6 Å². The van der Waals surface area contributed by atoms with Gasteiger partial charge in [0.2, 0.25) is 0 Å². The molecule has 0 spiro atoms. The fraction of sp³-hybridized carbons (Fsp3) is 0.571. The molecular weight excluding hydrogens is 256 g/mol. The van der Waals surface area contributed by atoms with Crippen molar-refractivity contribution in [1.82, 2.24) is 19.9 Å². The van der Waals surface area contributed by atoms with Gasteiger partial charge >= 0.3 is 0 Å². The minimum Gasteiger partial charge on any atom is -0.329 e. The van der Waals surface area contributed by atoms with E-state index >= 15 is 0 Å². The highest BCUT2D eigenvalue weighted by Gasteiger charge is 2.13. The van der Waals surface area contributed by atoms with Crippen LogP contribution in [0.1, 0.15) is 44.5 Å². The predicted molar refractivity (Wildman–Crippen MR) is 80.3 cm³/mol. The van der Waals surface area contributed by atoms with E-state index < -0.39 is 0 Å². The maximum Gasteiger partial charge on any atom is 0.141 e. The molecule has 2 aromatic heterocycles. The molecular formula is C14H22N4S. The van der Waals surface area contributed by atoms with Crippen LogP contribution in [0.2, 0.25) is 0 Å². The van der Waals surface area contributed by atoms with Gasteiger partial charge in [0.15, 0.2) is 0 Å². The van der Waals surface area contributed by atoms with Crippen LogP contribution in [0.4, 0.5) is 0 Å². The molecule has 2 aromatic rings. The molecule has 0 saturated heterocycles. The number of aromatic nitrogens is 3. The van der Waals surface area contributed by atoms with Crippen molar-refractivity contribution in [2.24, 2.45) is 0 Å². The largest absolute Gasteiger partial charge is 0.329 e. The Morgan fingerprint density at radius 2 is 2.16 bits per heavy atom. The van der Waals surface area contributed by atoms with Crippen molar-refractivity contribution >= 4 is 11.3 Å². The summed E-state index contributed by atoms with van der Waals surface area (Å²) in [5.41, 5.74) is 1.13. The molecule has 0 radical (unpaired) electrons. The fourth-order valence-corrected chi connectivity index (χ4v) is 2.95. The molecule has 0 amide bonds. The van der Waals surface area contributed by atoms with Crippen molar-refractivity contribution in [2.75, 3.05) is 6.54 Å². The third kappa shape index (κ3) is 3.42. The summed E-state index contributed by atoms with van der Waals surface area (Å²) in [6.07, 6.45) is 8.03. The maximum absolute atomic E-state index is 4.55. The number of nitrogens with zero attached hydrogens (tertiary/aromatic N) is 3. The first-order valence-electron chi connectivity index (χ1n) is 6.95. The summed E-state index contributed by atoms with van der Waals surface area (Å²) in [5.74, 6) is 0. The average molecular weight is 278 g/mol. The number of rotatable bonds is 7. The number of thiazole rings is 1. The van der Waals surface area contributed by atoms with Gasteiger partial charge in [-0.05, 0) is 26.3 Å². The molecule has 0 bridgehead atoms. The van der Waals surface area contributed by atoms with Crippen LogP contribution in [-0.2, 0) is 6.54 Å². The van der Waals surface area contributed by atoms with Gasteiger partial charge in [-0.1, -0.05) is 13.8 Å². The van der Waals surface area contributed by atoms with Crippen LogP contribution in [0.15, 0.2) is 18.7 Å². The van der Waals surface area contributed by atoms with E-state index in [1.54, 1.807) is 11.3 Å². The summed E-state index contributed by atoms with van der Waals surface area (Å²) in [5, 5.41) is 4.56. The number of imidazole rings is 1. The Bertz CT molecular complexity index is 503. The maximum atomic E-state index is 4.55. The van der Waals surface area contributed by atoms with Gasteiger partial charge in [-0.25, -0.2) is 9.97 Å². The molecule has 5 heteroatoms. The van der Waals surface area contributed by atoms with E-state index in [-0.39, 0.29) is 0 Å². The van der Waals surface area contributed by atoms with Gasteiger partial charge in [-0.2, -0.15) is 0 Å². The smallest absolute Gasteiger partial charge is 0.141 e. The van der Waals surface area contributed by atoms with Crippen LogP contribution in [0, 0.1) is 0 Å². The summed E-state index contributed by atoms with van der Waals surface area (Å²) < 4.78 is 2.17. The Labute approximate surface area is 118 Å². The first-order valence-corrected chi connectivity index (χ1v) is 7.77. The van der Waals surface area contributed by atoms with Crippen molar-refractivity contribution in [1.29, 1.82) is 0 Å². The van der Waals surface area contributed by atoms with E-state index in [1.807, 2.05) is 18.7 Å². The fourth-order valence-electron chi connectivity index (χ4n) is 1.98. The highest BCUT2D eigenvalue weighted by molar-refractivity contribution is 7.15. The number of aryl methyl sites for hydroxylation is 1. The molecule has 0 aliphatic carbocycles. The van der Waals surface area contributed by atoms with Crippen molar-refractivity contribution in [3.63, 3.8) is 0 Å². The molecule has 104 valence electrons. The lowest BCUT2D eigenvalue weighted by molar-refractivity contribution is 0.577. The molecule has 0 aliphatic heterocycles. The first-order chi connectivity index (χ1) is 9.26. The lowest BCUT2D eigenvalue weighted by atomic mass is 10.3. The molecule has 4 nitrogen and oxygen atoms in total. The molecule has 19 heavy (non-hydrogen) atoms. The second-order valence-electron chi connectivity index (χ2n) is 4.72. The van der Waals surface area contributed by atoms with Gasteiger partial charge in [-0.15, -0.1) is 11.3 Å². The lowest BCUT2D eigenvalue weighted by Crippen LogP contribution is -2.18. The third-order valence-corrected chi connectivity index (χ3v) is 4.25. The topological polar surface area (TPSA) is 42.7 Å². The summed E-state index contributed by atoms with van der Waals surface area (Å²) in [6, 6.07) is 0.369. The zero-order valence-electron chi connectivity index (χ0n) is 11.9. The first kappa shape index (κ1) is 14.2. The number of nitrogens with one attached hydrogen (secondary N) is 1. The molecule has 1 atom stereocenters. The zero-order chi connectivity index (χ0) is 13.7. The van der Waals surface area contributed by atoms with E-state index in [1.165, 1.54) is 4.88 Å². The Balaban J connectivity index is 2.13. The Hall–Kier alpha value is -1.20. The van der Waals surface area contributed by atoms with E-state index in [0.29, 0.717) is 6.04 Å². The van der Waals surface area contributed by atoms with Gasteiger partial charge in [0.25, 0.3) is 0 Å². The molecule has 2 heterocycles. The molecule has 0 aliphatic rings. The van der Waals surface area contributed by atoms with Crippen LogP contribution in [-0.4, -0.2) is 21.1 Å². The van der Waals surface area contributed by atoms with Gasteiger partial charge in [0, 0.05) is 23.7 Å². The molecule has 0 fully saturated rings. The molecule has 1 unspecified atom stereocenters. The summed E-state index contributed by atoms with van der Waals surface area (Å²) in [4.78, 5) is 10.1. The minimum atomic E-state index is 0.369. The molecule has 0 aromatic carbocycles. The van der Waals surface area contributed by atoms with Crippen LogP contribution in [0.3, 0.4) is 0 Å². The van der Waals surface area contributed by atoms with Crippen molar-refractivity contribution < 1.29 is 0 Å². The average Bonchev–Trinajstić information content (AvgIpc) is 3.04. The Morgan fingerprint density at radius 3 is 2.89 bits per heavy atom. The van der Waals surface area contributed by atoms with Crippen LogP contribution in [0.5, 0.6) is 0 Å². The lowest BCUT2D eigenvalue weighted by Gasteiger charge is -2.09. The standard InChI is InChI=1S/C14H22N4S/c1-4-6-16-11(3)13-9-17-14(19-13)12-8-15-10-18(12)7-5-2/h8-11,16H,4-7H2,1-3H3. The molecule has 0 saturated carbocycles. The van der Waals surface area contributed by atoms with Gasteiger partial charge < -0.3 is 9.88 Å². The normalized spacial score (nSPS) is 12.8. The zero-order valence-corrected chi connectivity index (χ0v) is 12.7. The SMILES string of the molecule is CCCNC(C)c1cnc(-c2cncn2CCC)s1. The number of hydrogen-bond acceptors (Lipinski definition) is 4. The summed E-state index contributed by atoms with van der Waals surface area (Å²) in [7, 11) is 0. The van der Waals surface area contributed by atoms with Crippen LogP contribution in [0.25, 0.3) is 10.7 Å². The van der Waals surface area contributed by atoms with Gasteiger partial charge in [0.1, 0.15) is 5.01 Å². The quantitative estimate of drug-likeness (QED) is 0.843. The number of hydrogen-bond donors (Lipinski definition) is 1. The van der Waals surface area contributed by atoms with Crippen molar-refractivity contribution in [3.8, 4) is 10.7 Å². The van der Waals surface area contributed by atoms with E-state index in [2.05, 4.69) is 40.6 Å². The van der Waals surface area contributed by atoms with Crippen LogP contribution >= 0.6 is 11.3 Å². The van der Waals surface area contributed by atoms with E-state index in [9.17, 15) is 0 Å². The van der Waals surface area contributed by atoms with Crippen LogP contribution < -0.4 is 5.32 Å². The summed E-state index contributed by atoms with van der Waals surface area (Å²) >= 11 is 1.75. The highest BCUT2D eigenvalue weighted by Crippen LogP contribution is 2.28. The van der Waals surface area contributed by atoms with E-state index in [4.69, 9.17) is 0 Å². The second kappa shape index (κ2) is 6.82. The molecule has 1 N–H and O–H groups in total. The molecule has 2 rings (SSSR count). The van der Waals surface area contributed by atoms with Crippen molar-refractivity contribution in [2.45, 2.75) is 46.2 Å². The predicted octanol–water partition coefficient (Wildman–Crippen LogP) is 3.48.